The summed E-state index contributed by atoms with van der Waals surface area (Å²) in [6.07, 6.45) is 1.50. The summed E-state index contributed by atoms with van der Waals surface area (Å²) in [6, 6.07) is 10.5. The molecule has 0 bridgehead atoms. The van der Waals surface area contributed by atoms with Crippen molar-refractivity contribution in [2.75, 3.05) is 26.3 Å². The van der Waals surface area contributed by atoms with E-state index in [1.54, 1.807) is 43.5 Å². The number of nitrogens with one attached hydrogen (secondary N) is 3. The molecule has 1 radical (unpaired) electrons. The Balaban J connectivity index is 0.000000351. The van der Waals surface area contributed by atoms with Gasteiger partial charge in [0.1, 0.15) is 6.04 Å². The van der Waals surface area contributed by atoms with E-state index < -0.39 is 12.0 Å². The first-order valence-electron chi connectivity index (χ1n) is 10.8. The Labute approximate surface area is 234 Å². The minimum atomic E-state index is -0.683. The molecule has 0 saturated heterocycles. The van der Waals surface area contributed by atoms with Gasteiger partial charge < -0.3 is 20.5 Å². The Hall–Kier alpha value is -2.86. The molecule has 1 unspecified atom stereocenters. The zero-order chi connectivity index (χ0) is 26.0. The van der Waals surface area contributed by atoms with Gasteiger partial charge in [-0.25, -0.2) is 9.78 Å². The number of aromatic nitrogens is 2. The summed E-state index contributed by atoms with van der Waals surface area (Å²) in [5.41, 5.74) is 11.0. The fraction of sp³-hybridized carbons (Fsp3) is 0.333. The number of carbonyl (C=O) groups excluding carboxylic acids is 2. The second-order valence-corrected chi connectivity index (χ2v) is 7.88. The molecule has 1 aromatic heterocycles. The number of fused-ring (bicyclic) bond motifs is 1. The predicted octanol–water partition coefficient (Wildman–Crippen LogP) is 3.14. The van der Waals surface area contributed by atoms with Crippen molar-refractivity contribution in [2.45, 2.75) is 26.4 Å². The first-order chi connectivity index (χ1) is 16.7. The second kappa shape index (κ2) is 15.3. The smallest absolute Gasteiger partial charge is 0.328 e. The summed E-state index contributed by atoms with van der Waals surface area (Å²) >= 11 is 0. The fourth-order valence-corrected chi connectivity index (χ4v) is 3.09. The first kappa shape index (κ1) is 31.2. The van der Waals surface area contributed by atoms with E-state index in [1.165, 1.54) is 24.1 Å². The monoisotopic (exact) mass is 573 g/mol. The van der Waals surface area contributed by atoms with Gasteiger partial charge in [0.05, 0.1) is 43.2 Å². The van der Waals surface area contributed by atoms with E-state index in [1.807, 2.05) is 19.3 Å². The van der Waals surface area contributed by atoms with Gasteiger partial charge in [0.2, 0.25) is 0 Å². The Morgan fingerprint density at radius 2 is 1.89 bits per heavy atom. The number of ether oxygens (including phenoxy) is 2. The molecular formula is C24H30N5O6Y-. The van der Waals surface area contributed by atoms with Crippen molar-refractivity contribution in [3.63, 3.8) is 0 Å². The summed E-state index contributed by atoms with van der Waals surface area (Å²) in [6.45, 7) is 4.55. The molecule has 0 aliphatic rings. The maximum Gasteiger partial charge on any atom is 0.328 e. The third kappa shape index (κ3) is 8.67. The largest absolute Gasteiger partial charge is 0.699 e. The van der Waals surface area contributed by atoms with E-state index in [0.29, 0.717) is 35.3 Å². The van der Waals surface area contributed by atoms with Gasteiger partial charge in [-0.05, 0) is 30.2 Å². The molecule has 0 aliphatic carbocycles. The van der Waals surface area contributed by atoms with Gasteiger partial charge >= 0.3 is 5.97 Å². The van der Waals surface area contributed by atoms with E-state index in [-0.39, 0.29) is 55.8 Å². The summed E-state index contributed by atoms with van der Waals surface area (Å²) in [5.74, 6) is -0.922. The van der Waals surface area contributed by atoms with Crippen molar-refractivity contribution < 1.29 is 57.0 Å². The number of hydrogen-bond donors (Lipinski definition) is 3. The van der Waals surface area contributed by atoms with E-state index in [2.05, 4.69) is 15.0 Å². The first-order valence-corrected chi connectivity index (χ1v) is 10.8. The summed E-state index contributed by atoms with van der Waals surface area (Å²) in [4.78, 5) is 39.7. The van der Waals surface area contributed by atoms with Crippen molar-refractivity contribution in [1.82, 2.24) is 14.9 Å². The molecule has 3 rings (SSSR count). The maximum atomic E-state index is 12.1. The Morgan fingerprint density at radius 1 is 1.17 bits per heavy atom. The van der Waals surface area contributed by atoms with Crippen LogP contribution < -0.4 is 16.4 Å². The molecule has 2 aromatic carbocycles. The molecule has 3 aromatic rings. The number of nitrogens with zero attached hydrogens (tertiary/aromatic N) is 2. The average Bonchev–Trinajstić information content (AvgIpc) is 2.86. The molecule has 0 aliphatic heterocycles. The topological polar surface area (TPSA) is 156 Å². The van der Waals surface area contributed by atoms with Crippen molar-refractivity contribution in [3.8, 4) is 0 Å². The van der Waals surface area contributed by atoms with Gasteiger partial charge in [0, 0.05) is 45.4 Å². The molecule has 0 spiro atoms. The standard InChI is InChI=1S/C13H17N2O3.C11H13N3O3.Y/c1-8(2)11(13(17)18-3)15-12(16)9-5-4-6-10(14)7-9;1-17-5-4-14-7-12-10-3-2-8(13-16)6-9(10)11(14)15;/h4-8,11,14H,1-3H3,(H,15,16);2-3,6-7,13,16H,4-5H2,1H3;/q-1;;. The van der Waals surface area contributed by atoms with E-state index in [0.717, 1.165) is 0 Å². The van der Waals surface area contributed by atoms with Gasteiger partial charge in [0.15, 0.2) is 0 Å². The number of esters is 1. The number of methoxy groups -OCH3 is 2. The molecule has 36 heavy (non-hydrogen) atoms. The SMILES string of the molecule is COC(=O)C(NC(=O)c1cccc([NH-])c1)C(C)C.COCCn1cnc2ccc(NO)cc2c1=O.[Y]. The van der Waals surface area contributed by atoms with Crippen LogP contribution in [0.15, 0.2) is 53.6 Å². The molecular weight excluding hydrogens is 543 g/mol. The van der Waals surface area contributed by atoms with Crippen LogP contribution in [0.4, 0.5) is 11.4 Å². The van der Waals surface area contributed by atoms with Crippen LogP contribution in [0, 0.1) is 5.92 Å². The molecule has 0 fully saturated rings. The van der Waals surface area contributed by atoms with Crippen LogP contribution in [-0.4, -0.2) is 53.5 Å². The normalized spacial score (nSPS) is 11.1. The summed E-state index contributed by atoms with van der Waals surface area (Å²) in [7, 11) is 2.86. The number of carbonyl (C=O) groups is 2. The summed E-state index contributed by atoms with van der Waals surface area (Å²) in [5, 5.41) is 11.9. The molecule has 12 heteroatoms. The van der Waals surface area contributed by atoms with Crippen LogP contribution >= 0.6 is 0 Å². The predicted molar refractivity (Wildman–Crippen MR) is 132 cm³/mol. The van der Waals surface area contributed by atoms with Crippen LogP contribution in [0.1, 0.15) is 24.2 Å². The van der Waals surface area contributed by atoms with Crippen LogP contribution in [0.3, 0.4) is 0 Å². The number of benzene rings is 2. The third-order valence-electron chi connectivity index (χ3n) is 5.02. The van der Waals surface area contributed by atoms with E-state index >= 15 is 0 Å². The van der Waals surface area contributed by atoms with Crippen LogP contribution in [-0.2, 0) is 53.5 Å². The Bertz CT molecular complexity index is 1220. The molecule has 191 valence electrons. The van der Waals surface area contributed by atoms with Crippen LogP contribution in [0.5, 0.6) is 0 Å². The fourth-order valence-electron chi connectivity index (χ4n) is 3.09. The van der Waals surface area contributed by atoms with Gasteiger partial charge in [-0.1, -0.05) is 32.0 Å². The molecule has 1 atom stereocenters. The van der Waals surface area contributed by atoms with Gasteiger partial charge in [-0.15, -0.1) is 5.69 Å². The third-order valence-corrected chi connectivity index (χ3v) is 5.02. The Morgan fingerprint density at radius 3 is 2.47 bits per heavy atom. The van der Waals surface area contributed by atoms with Crippen molar-refractivity contribution in [2.24, 2.45) is 5.92 Å². The summed E-state index contributed by atoms with van der Waals surface area (Å²) < 4.78 is 11.0. The zero-order valence-electron chi connectivity index (χ0n) is 20.6. The van der Waals surface area contributed by atoms with E-state index in [9.17, 15) is 14.4 Å². The van der Waals surface area contributed by atoms with E-state index in [4.69, 9.17) is 15.7 Å². The van der Waals surface area contributed by atoms with Crippen LogP contribution in [0.2, 0.25) is 0 Å². The second-order valence-electron chi connectivity index (χ2n) is 7.88. The molecule has 1 heterocycles. The van der Waals surface area contributed by atoms with Crippen LogP contribution in [0.25, 0.3) is 16.6 Å². The van der Waals surface area contributed by atoms with Crippen molar-refractivity contribution in [3.05, 3.63) is 70.4 Å². The number of rotatable bonds is 8. The van der Waals surface area contributed by atoms with Crippen molar-refractivity contribution >= 4 is 34.2 Å². The minimum Gasteiger partial charge on any atom is -0.699 e. The van der Waals surface area contributed by atoms with Gasteiger partial charge in [-0.2, -0.15) is 0 Å². The molecule has 0 saturated carbocycles. The maximum absolute atomic E-state index is 12.1. The van der Waals surface area contributed by atoms with Crippen molar-refractivity contribution in [1.29, 1.82) is 0 Å². The average molecular weight is 573 g/mol. The quantitative estimate of drug-likeness (QED) is 0.274. The minimum absolute atomic E-state index is 0. The number of hydrogen-bond acceptors (Lipinski definition) is 8. The zero-order valence-corrected chi connectivity index (χ0v) is 23.5. The molecule has 4 N–H and O–H groups in total. The molecule has 11 nitrogen and oxygen atoms in total. The molecule has 1 amide bonds. The van der Waals surface area contributed by atoms with Gasteiger partial charge in [-0.3, -0.25) is 24.8 Å². The number of anilines is 1. The Kier molecular flexibility index (Phi) is 13.2. The van der Waals surface area contributed by atoms with Gasteiger partial charge in [0.25, 0.3) is 11.5 Å². The number of amides is 1.